The third-order valence-electron chi connectivity index (χ3n) is 0.731. The fourth-order valence-corrected chi connectivity index (χ4v) is 0.769. The molecule has 0 saturated carbocycles. The van der Waals surface area contributed by atoms with E-state index in [-0.39, 0.29) is 5.97 Å². The van der Waals surface area contributed by atoms with Crippen molar-refractivity contribution >= 4 is 18.0 Å². The Hall–Kier alpha value is -0.440. The average Bonchev–Trinajstić information content (AvgIpc) is 1.89. The lowest BCUT2D eigenvalue weighted by Gasteiger charge is -1.95. The van der Waals surface area contributed by atoms with Gasteiger partial charge in [-0.1, -0.05) is 13.0 Å². The molecule has 3 heteroatoms. The van der Waals surface area contributed by atoms with Crippen LogP contribution in [0.15, 0.2) is 12.2 Å². The van der Waals surface area contributed by atoms with Crippen LogP contribution >= 0.6 is 12.0 Å². The third-order valence-corrected chi connectivity index (χ3v) is 1.59. The fourth-order valence-electron chi connectivity index (χ4n) is 0.347. The molecule has 2 nitrogen and oxygen atoms in total. The van der Waals surface area contributed by atoms with E-state index in [0.717, 1.165) is 12.2 Å². The Kier molecular flexibility index (Phi) is 6.38. The maximum atomic E-state index is 10.6. The summed E-state index contributed by atoms with van der Waals surface area (Å²) in [7, 11) is 0. The largest absolute Gasteiger partial charge is 0.388 e. The number of carbonyl (C=O) groups excluding carboxylic acids is 1. The van der Waals surface area contributed by atoms with Crippen molar-refractivity contribution in [1.82, 2.24) is 0 Å². The van der Waals surface area contributed by atoms with Crippen LogP contribution in [0.1, 0.15) is 20.3 Å². The highest BCUT2D eigenvalue weighted by Gasteiger charge is 1.94. The van der Waals surface area contributed by atoms with Gasteiger partial charge in [-0.05, 0) is 13.3 Å². The molecule has 0 aliphatic carbocycles. The number of carbonyl (C=O) groups is 1. The molecule has 0 bridgehead atoms. The van der Waals surface area contributed by atoms with Gasteiger partial charge in [0.25, 0.3) is 0 Å². The molecule has 0 N–H and O–H groups in total. The number of hydrogen-bond acceptors (Lipinski definition) is 3. The van der Waals surface area contributed by atoms with E-state index in [9.17, 15) is 4.79 Å². The molecule has 0 unspecified atom stereocenters. The van der Waals surface area contributed by atoms with E-state index in [4.69, 9.17) is 4.18 Å². The Morgan fingerprint density at radius 3 is 2.90 bits per heavy atom. The van der Waals surface area contributed by atoms with Gasteiger partial charge in [0.1, 0.15) is 0 Å². The normalized spacial score (nSPS) is 10.2. The summed E-state index contributed by atoms with van der Waals surface area (Å²) in [5, 5.41) is 0. The molecule has 0 radical (unpaired) electrons. The number of hydrogen-bond donors (Lipinski definition) is 0. The minimum atomic E-state index is -0.277. The second kappa shape index (κ2) is 6.68. The highest BCUT2D eigenvalue weighted by Crippen LogP contribution is 2.04. The lowest BCUT2D eigenvalue weighted by molar-refractivity contribution is -0.127. The summed E-state index contributed by atoms with van der Waals surface area (Å²) in [5.41, 5.74) is 0. The topological polar surface area (TPSA) is 26.3 Å². The van der Waals surface area contributed by atoms with Gasteiger partial charge >= 0.3 is 5.97 Å². The molecular weight excluding hydrogens is 148 g/mol. The van der Waals surface area contributed by atoms with Crippen LogP contribution in [0.4, 0.5) is 0 Å². The molecule has 0 aromatic rings. The molecule has 0 saturated heterocycles. The highest BCUT2D eigenvalue weighted by molar-refractivity contribution is 7.95. The Balaban J connectivity index is 3.22. The van der Waals surface area contributed by atoms with Crippen LogP contribution in [-0.4, -0.2) is 11.7 Å². The van der Waals surface area contributed by atoms with E-state index in [0.29, 0.717) is 0 Å². The first-order chi connectivity index (χ1) is 4.81. The molecule has 0 fully saturated rings. The summed E-state index contributed by atoms with van der Waals surface area (Å²) in [6, 6.07) is 0. The lowest BCUT2D eigenvalue weighted by atomic mass is 10.5. The Bertz CT molecular complexity index is 121. The van der Waals surface area contributed by atoms with Crippen molar-refractivity contribution in [3.63, 3.8) is 0 Å². The maximum Gasteiger partial charge on any atom is 0.342 e. The molecule has 10 heavy (non-hydrogen) atoms. The molecule has 0 heterocycles. The molecule has 0 aliphatic heterocycles. The van der Waals surface area contributed by atoms with E-state index in [1.54, 1.807) is 13.0 Å². The smallest absolute Gasteiger partial charge is 0.342 e. The van der Waals surface area contributed by atoms with Crippen LogP contribution < -0.4 is 0 Å². The van der Waals surface area contributed by atoms with E-state index >= 15 is 0 Å². The van der Waals surface area contributed by atoms with Crippen molar-refractivity contribution in [2.75, 3.05) is 5.75 Å². The van der Waals surface area contributed by atoms with Gasteiger partial charge in [0.05, 0.1) is 12.0 Å². The van der Waals surface area contributed by atoms with Gasteiger partial charge in [-0.3, -0.25) is 0 Å². The second-order valence-corrected chi connectivity index (χ2v) is 2.53. The third kappa shape index (κ3) is 5.69. The monoisotopic (exact) mass is 160 g/mol. The highest BCUT2D eigenvalue weighted by atomic mass is 32.2. The van der Waals surface area contributed by atoms with E-state index in [1.807, 2.05) is 6.92 Å². The molecule has 0 rings (SSSR count). The summed E-state index contributed by atoms with van der Waals surface area (Å²) < 4.78 is 4.71. The van der Waals surface area contributed by atoms with Crippen LogP contribution in [0.5, 0.6) is 0 Å². The van der Waals surface area contributed by atoms with Crippen molar-refractivity contribution in [2.24, 2.45) is 0 Å². The molecular formula is C7H12O2S. The molecule has 0 atom stereocenters. The predicted octanol–water partition coefficient (Wildman–Crippen LogP) is 2.16. The minimum absolute atomic E-state index is 0.277. The molecule has 0 amide bonds. The minimum Gasteiger partial charge on any atom is -0.388 e. The van der Waals surface area contributed by atoms with Crippen LogP contribution in [0.3, 0.4) is 0 Å². The lowest BCUT2D eigenvalue weighted by Crippen LogP contribution is -1.92. The van der Waals surface area contributed by atoms with Crippen molar-refractivity contribution in [3.8, 4) is 0 Å². The number of allylic oxidation sites excluding steroid dienone is 1. The summed E-state index contributed by atoms with van der Waals surface area (Å²) in [6.45, 7) is 3.82. The predicted molar refractivity (Wildman–Crippen MR) is 43.7 cm³/mol. The van der Waals surface area contributed by atoms with Gasteiger partial charge in [-0.15, -0.1) is 0 Å². The summed E-state index contributed by atoms with van der Waals surface area (Å²) in [6.07, 6.45) is 4.09. The standard InChI is InChI=1S/C7H12O2S/c1-3-5-7(8)9-10-6-4-2/h3,5H,4,6H2,1-2H3. The SMILES string of the molecule is CC=CC(=O)OSCCC. The average molecular weight is 160 g/mol. The molecule has 58 valence electrons. The van der Waals surface area contributed by atoms with Crippen molar-refractivity contribution < 1.29 is 8.98 Å². The van der Waals surface area contributed by atoms with Gasteiger partial charge in [0, 0.05) is 11.8 Å². The summed E-state index contributed by atoms with van der Waals surface area (Å²) in [5.74, 6) is 0.587. The van der Waals surface area contributed by atoms with Crippen LogP contribution in [-0.2, 0) is 8.98 Å². The maximum absolute atomic E-state index is 10.6. The van der Waals surface area contributed by atoms with E-state index < -0.39 is 0 Å². The molecule has 0 aromatic carbocycles. The van der Waals surface area contributed by atoms with Gasteiger partial charge in [-0.25, -0.2) is 4.79 Å². The fraction of sp³-hybridized carbons (Fsp3) is 0.571. The van der Waals surface area contributed by atoms with Crippen molar-refractivity contribution in [3.05, 3.63) is 12.2 Å². The van der Waals surface area contributed by atoms with Crippen LogP contribution in [0.2, 0.25) is 0 Å². The zero-order valence-electron chi connectivity index (χ0n) is 6.29. The quantitative estimate of drug-likeness (QED) is 0.358. The Morgan fingerprint density at radius 2 is 2.40 bits per heavy atom. The Labute approximate surface area is 65.8 Å². The molecule has 0 spiro atoms. The first-order valence-electron chi connectivity index (χ1n) is 3.27. The van der Waals surface area contributed by atoms with E-state index in [1.165, 1.54) is 18.1 Å². The van der Waals surface area contributed by atoms with Gasteiger partial charge < -0.3 is 4.18 Å². The first kappa shape index (κ1) is 9.56. The zero-order valence-corrected chi connectivity index (χ0v) is 7.11. The zero-order chi connectivity index (χ0) is 7.82. The van der Waals surface area contributed by atoms with Crippen LogP contribution in [0, 0.1) is 0 Å². The van der Waals surface area contributed by atoms with Crippen molar-refractivity contribution in [2.45, 2.75) is 20.3 Å². The first-order valence-corrected chi connectivity index (χ1v) is 4.18. The van der Waals surface area contributed by atoms with E-state index in [2.05, 4.69) is 0 Å². The van der Waals surface area contributed by atoms with Crippen LogP contribution in [0.25, 0.3) is 0 Å². The van der Waals surface area contributed by atoms with Crippen molar-refractivity contribution in [1.29, 1.82) is 0 Å². The van der Waals surface area contributed by atoms with Gasteiger partial charge in [0.15, 0.2) is 0 Å². The molecule has 0 aromatic heterocycles. The molecule has 0 aliphatic rings. The Morgan fingerprint density at radius 1 is 1.70 bits per heavy atom. The summed E-state index contributed by atoms with van der Waals surface area (Å²) in [4.78, 5) is 10.6. The number of rotatable bonds is 4. The summed E-state index contributed by atoms with van der Waals surface area (Å²) >= 11 is 1.20. The van der Waals surface area contributed by atoms with Gasteiger partial charge in [0.2, 0.25) is 0 Å². The second-order valence-electron chi connectivity index (χ2n) is 1.72. The van der Waals surface area contributed by atoms with Gasteiger partial charge in [-0.2, -0.15) is 0 Å².